The molecule has 0 atom stereocenters. The predicted octanol–water partition coefficient (Wildman–Crippen LogP) is -1.80. The molecule has 0 aliphatic carbocycles. The van der Waals surface area contributed by atoms with Crippen molar-refractivity contribution in [1.82, 2.24) is 4.90 Å². The largest absolute Gasteiger partial charge is 0 e. The number of hydrogen-bond acceptors (Lipinski definition) is 4. The van der Waals surface area contributed by atoms with Gasteiger partial charge in [0.1, 0.15) is 0 Å². The molecule has 18 heavy (non-hydrogen) atoms. The SMILES string of the molecule is CC(C)(O)[I-]OCC1(CO)CN(C(C)(C)I)C1.[Re]. The molecule has 4 nitrogen and oxygen atoms in total. The molecule has 111 valence electrons. The smallest absolute Gasteiger partial charge is 0 e. The Balaban J connectivity index is 0.00000289. The fourth-order valence-corrected chi connectivity index (χ4v) is 3.57. The van der Waals surface area contributed by atoms with E-state index in [1.54, 1.807) is 13.8 Å². The van der Waals surface area contributed by atoms with E-state index in [-0.39, 0.29) is 36.0 Å². The van der Waals surface area contributed by atoms with Gasteiger partial charge < -0.3 is 0 Å². The van der Waals surface area contributed by atoms with Gasteiger partial charge in [0.15, 0.2) is 0 Å². The Morgan fingerprint density at radius 2 is 1.83 bits per heavy atom. The zero-order chi connectivity index (χ0) is 13.3. The van der Waals surface area contributed by atoms with E-state index in [4.69, 9.17) is 3.07 Å². The van der Waals surface area contributed by atoms with E-state index in [2.05, 4.69) is 41.3 Å². The summed E-state index contributed by atoms with van der Waals surface area (Å²) in [5.41, 5.74) is -0.118. The van der Waals surface area contributed by atoms with E-state index in [0.29, 0.717) is 6.61 Å². The van der Waals surface area contributed by atoms with Crippen LogP contribution in [0.2, 0.25) is 0 Å². The van der Waals surface area contributed by atoms with Crippen LogP contribution in [0.3, 0.4) is 0 Å². The first-order valence-electron chi connectivity index (χ1n) is 5.63. The first-order chi connectivity index (χ1) is 7.58. The van der Waals surface area contributed by atoms with Crippen molar-refractivity contribution in [3.63, 3.8) is 0 Å². The second-order valence-corrected chi connectivity index (χ2v) is 12.0. The average Bonchev–Trinajstić information content (AvgIpc) is 2.05. The summed E-state index contributed by atoms with van der Waals surface area (Å²) in [6.07, 6.45) is 0. The fraction of sp³-hybridized carbons (Fsp3) is 1.00. The summed E-state index contributed by atoms with van der Waals surface area (Å²) in [7, 11) is 0. The Morgan fingerprint density at radius 1 is 1.33 bits per heavy atom. The topological polar surface area (TPSA) is 52.9 Å². The van der Waals surface area contributed by atoms with Gasteiger partial charge in [-0.2, -0.15) is 0 Å². The second-order valence-electron chi connectivity index (χ2n) is 5.66. The molecule has 1 radical (unpaired) electrons. The van der Waals surface area contributed by atoms with Crippen LogP contribution >= 0.6 is 22.6 Å². The molecule has 0 bridgehead atoms. The van der Waals surface area contributed by atoms with Crippen molar-refractivity contribution >= 4 is 22.6 Å². The van der Waals surface area contributed by atoms with Gasteiger partial charge in [0.25, 0.3) is 0 Å². The van der Waals surface area contributed by atoms with E-state index in [0.717, 1.165) is 13.1 Å². The molecule has 0 saturated carbocycles. The molecule has 0 unspecified atom stereocenters. The molecule has 0 spiro atoms. The normalized spacial score (nSPS) is 20.4. The molecule has 7 heteroatoms. The molecule has 0 amide bonds. The van der Waals surface area contributed by atoms with Gasteiger partial charge in [0, 0.05) is 20.4 Å². The van der Waals surface area contributed by atoms with Crippen LogP contribution in [0.5, 0.6) is 0 Å². The first kappa shape index (κ1) is 20.0. The van der Waals surface area contributed by atoms with Crippen LogP contribution in [0.4, 0.5) is 0 Å². The third-order valence-corrected chi connectivity index (χ3v) is 5.13. The third-order valence-electron chi connectivity index (χ3n) is 2.74. The average molecular weight is 656 g/mol. The molecular formula is C11H22I2NO3Re-. The molecular weight excluding hydrogens is 634 g/mol. The number of halogens is 2. The summed E-state index contributed by atoms with van der Waals surface area (Å²) in [4.78, 5) is 2.33. The van der Waals surface area contributed by atoms with Crippen molar-refractivity contribution in [2.45, 2.75) is 34.8 Å². The van der Waals surface area contributed by atoms with E-state index in [1.165, 1.54) is 0 Å². The summed E-state index contributed by atoms with van der Waals surface area (Å²) in [5, 5.41) is 19.1. The van der Waals surface area contributed by atoms with Crippen LogP contribution in [0.25, 0.3) is 0 Å². The van der Waals surface area contributed by atoms with Crippen molar-refractivity contribution in [3.05, 3.63) is 0 Å². The molecule has 1 rings (SSSR count). The number of nitrogens with zero attached hydrogens (tertiary/aromatic N) is 1. The van der Waals surface area contributed by atoms with Gasteiger partial charge in [-0.25, -0.2) is 0 Å². The van der Waals surface area contributed by atoms with E-state index < -0.39 is 25.2 Å². The Hall–Kier alpha value is 1.96. The summed E-state index contributed by atoms with van der Waals surface area (Å²) >= 11 is 1.73. The zero-order valence-electron chi connectivity index (χ0n) is 11.2. The number of aliphatic hydroxyl groups excluding tert-OH is 1. The third kappa shape index (κ3) is 6.16. The summed E-state index contributed by atoms with van der Waals surface area (Å²) in [5.74, 6) is 0. The summed E-state index contributed by atoms with van der Waals surface area (Å²) in [6.45, 7) is 10.3. The van der Waals surface area contributed by atoms with Crippen molar-refractivity contribution in [3.8, 4) is 0 Å². The van der Waals surface area contributed by atoms with Gasteiger partial charge >= 0.3 is 129 Å². The number of likely N-dealkylation sites (tertiary alicyclic amines) is 1. The van der Waals surface area contributed by atoms with Gasteiger partial charge in [0.05, 0.1) is 0 Å². The molecule has 1 fully saturated rings. The number of alkyl halides is 2. The molecule has 1 saturated heterocycles. The van der Waals surface area contributed by atoms with Gasteiger partial charge in [-0.15, -0.1) is 0 Å². The predicted molar refractivity (Wildman–Crippen MR) is 71.4 cm³/mol. The molecule has 1 aliphatic rings. The second kappa shape index (κ2) is 7.29. The molecule has 2 N–H and O–H groups in total. The van der Waals surface area contributed by atoms with Crippen LogP contribution in [0, 0.1) is 5.41 Å². The fourth-order valence-electron chi connectivity index (χ4n) is 1.65. The maximum absolute atomic E-state index is 9.61. The number of hydrogen-bond donors (Lipinski definition) is 2. The van der Waals surface area contributed by atoms with Gasteiger partial charge in [0.2, 0.25) is 0 Å². The minimum absolute atomic E-state index is 0. The Morgan fingerprint density at radius 3 is 2.17 bits per heavy atom. The molecule has 0 aromatic rings. The van der Waals surface area contributed by atoms with Crippen LogP contribution < -0.4 is 21.6 Å². The monoisotopic (exact) mass is 657 g/mol. The number of aliphatic hydroxyl groups is 2. The van der Waals surface area contributed by atoms with Crippen LogP contribution in [-0.4, -0.2) is 48.6 Å². The molecule has 0 aromatic carbocycles. The Bertz CT molecular complexity index is 260. The van der Waals surface area contributed by atoms with Crippen molar-refractivity contribution in [2.75, 3.05) is 26.3 Å². The van der Waals surface area contributed by atoms with Crippen molar-refractivity contribution in [2.24, 2.45) is 5.41 Å². The first-order valence-corrected chi connectivity index (χ1v) is 8.67. The maximum atomic E-state index is 9.61. The van der Waals surface area contributed by atoms with E-state index in [9.17, 15) is 10.2 Å². The van der Waals surface area contributed by atoms with Crippen molar-refractivity contribution < 1.29 is 55.3 Å². The van der Waals surface area contributed by atoms with E-state index >= 15 is 0 Å². The standard InChI is InChI=1S/C11H22I2NO3.Re/c1-9(2,12)14-5-11(6-14,7-15)8-17-13-10(3,4)16;/h15-16H,5-8H2,1-4H3;/q-1;. The minimum Gasteiger partial charge on any atom is 0 e. The minimum atomic E-state index is -0.693. The van der Waals surface area contributed by atoms with Crippen LogP contribution in [-0.2, 0) is 23.5 Å². The Kier molecular flexibility index (Phi) is 8.09. The molecule has 0 aromatic heterocycles. The van der Waals surface area contributed by atoms with Crippen LogP contribution in [0.15, 0.2) is 0 Å². The van der Waals surface area contributed by atoms with Gasteiger partial charge in [-0.05, 0) is 0 Å². The maximum Gasteiger partial charge on any atom is 0 e. The summed E-state index contributed by atoms with van der Waals surface area (Å²) in [6, 6.07) is 0. The molecule has 1 heterocycles. The number of rotatable bonds is 6. The van der Waals surface area contributed by atoms with Gasteiger partial charge in [-0.3, -0.25) is 0 Å². The van der Waals surface area contributed by atoms with Crippen molar-refractivity contribution in [1.29, 1.82) is 0 Å². The summed E-state index contributed by atoms with van der Waals surface area (Å²) < 4.78 is 5.06. The molecule has 1 aliphatic heterocycles. The van der Waals surface area contributed by atoms with E-state index in [1.807, 2.05) is 0 Å². The van der Waals surface area contributed by atoms with Crippen LogP contribution in [0.1, 0.15) is 27.7 Å². The Labute approximate surface area is 148 Å². The van der Waals surface area contributed by atoms with Gasteiger partial charge in [-0.1, -0.05) is 0 Å². The zero-order valence-corrected chi connectivity index (χ0v) is 18.2. The quantitative estimate of drug-likeness (QED) is 0.202.